The minimum atomic E-state index is -1.07. The Morgan fingerprint density at radius 3 is 2.62 bits per heavy atom. The smallest absolute Gasteiger partial charge is 0.327 e. The highest BCUT2D eigenvalue weighted by atomic mass is 32.2. The van der Waals surface area contributed by atoms with Crippen LogP contribution in [0.3, 0.4) is 0 Å². The van der Waals surface area contributed by atoms with Crippen LogP contribution < -0.4 is 9.47 Å². The number of nitrogens with zero attached hydrogens (tertiary/aromatic N) is 1. The second-order valence-electron chi connectivity index (χ2n) is 5.92. The van der Waals surface area contributed by atoms with Crippen molar-refractivity contribution in [2.24, 2.45) is 5.92 Å². The van der Waals surface area contributed by atoms with Crippen LogP contribution in [0, 0.1) is 5.92 Å². The zero-order valence-corrected chi connectivity index (χ0v) is 16.6. The van der Waals surface area contributed by atoms with Crippen LogP contribution in [0.2, 0.25) is 0 Å². The van der Waals surface area contributed by atoms with E-state index < -0.39 is 17.9 Å². The molecule has 8 heteroatoms. The number of benzene rings is 1. The first-order valence-electron chi connectivity index (χ1n) is 8.10. The summed E-state index contributed by atoms with van der Waals surface area (Å²) in [4.78, 5) is 25.8. The molecule has 1 atom stereocenters. The topological polar surface area (TPSA) is 76.1 Å². The van der Waals surface area contributed by atoms with Crippen molar-refractivity contribution in [1.82, 2.24) is 4.90 Å². The number of carbonyl (C=O) groups is 2. The molecular weight excluding hydrogens is 374 g/mol. The van der Waals surface area contributed by atoms with Crippen LogP contribution >= 0.6 is 24.0 Å². The zero-order chi connectivity index (χ0) is 19.4. The number of thiocarbonyl (C=S) groups is 1. The van der Waals surface area contributed by atoms with E-state index in [2.05, 4.69) is 0 Å². The first-order chi connectivity index (χ1) is 12.3. The number of carboxylic acid groups (broad SMARTS) is 1. The Labute approximate surface area is 162 Å². The average molecular weight is 396 g/mol. The molecule has 0 aromatic heterocycles. The van der Waals surface area contributed by atoms with Gasteiger partial charge in [-0.1, -0.05) is 43.9 Å². The van der Waals surface area contributed by atoms with Crippen molar-refractivity contribution in [1.29, 1.82) is 0 Å². The van der Waals surface area contributed by atoms with Gasteiger partial charge in [0.25, 0.3) is 5.91 Å². The van der Waals surface area contributed by atoms with Crippen molar-refractivity contribution >= 4 is 46.3 Å². The van der Waals surface area contributed by atoms with E-state index in [1.54, 1.807) is 45.2 Å². The van der Waals surface area contributed by atoms with Gasteiger partial charge in [-0.2, -0.15) is 0 Å². The van der Waals surface area contributed by atoms with Crippen molar-refractivity contribution in [3.05, 3.63) is 28.7 Å². The van der Waals surface area contributed by atoms with Gasteiger partial charge in [0.05, 0.1) is 18.6 Å². The van der Waals surface area contributed by atoms with Crippen molar-refractivity contribution < 1.29 is 24.2 Å². The normalized spacial score (nSPS) is 17.1. The van der Waals surface area contributed by atoms with Crippen LogP contribution in [0.5, 0.6) is 11.5 Å². The molecule has 1 heterocycles. The van der Waals surface area contributed by atoms with Crippen LogP contribution in [-0.2, 0) is 9.59 Å². The maximum Gasteiger partial charge on any atom is 0.327 e. The Kier molecular flexibility index (Phi) is 6.66. The van der Waals surface area contributed by atoms with E-state index in [-0.39, 0.29) is 10.2 Å². The lowest BCUT2D eigenvalue weighted by atomic mass is 10.0. The van der Waals surface area contributed by atoms with Gasteiger partial charge in [-0.25, -0.2) is 4.79 Å². The molecule has 26 heavy (non-hydrogen) atoms. The molecule has 0 unspecified atom stereocenters. The number of hydrogen-bond donors (Lipinski definition) is 1. The van der Waals surface area contributed by atoms with E-state index in [0.29, 0.717) is 23.0 Å². The minimum absolute atomic E-state index is 0.250. The summed E-state index contributed by atoms with van der Waals surface area (Å²) >= 11 is 6.35. The van der Waals surface area contributed by atoms with E-state index in [0.717, 1.165) is 17.3 Å². The molecule has 1 N–H and O–H groups in total. The van der Waals surface area contributed by atoms with Crippen molar-refractivity contribution in [3.8, 4) is 11.5 Å². The van der Waals surface area contributed by atoms with Gasteiger partial charge in [0.15, 0.2) is 11.5 Å². The standard InChI is InChI=1S/C18H21NO5S2/c1-5-24-12-7-6-11(8-13(12)23-4)9-14-16(20)19(18(25)26-14)15(10(2)3)17(21)22/h6-10,15H,5H2,1-4H3,(H,21,22)/b14-9-/t15-/m1/s1. The summed E-state index contributed by atoms with van der Waals surface area (Å²) in [5.74, 6) is -0.554. The summed E-state index contributed by atoms with van der Waals surface area (Å²) in [7, 11) is 1.54. The van der Waals surface area contributed by atoms with E-state index in [4.69, 9.17) is 21.7 Å². The predicted molar refractivity (Wildman–Crippen MR) is 105 cm³/mol. The second kappa shape index (κ2) is 8.55. The molecule has 0 aliphatic carbocycles. The molecular formula is C18H21NO5S2. The predicted octanol–water partition coefficient (Wildman–Crippen LogP) is 3.40. The number of thioether (sulfide) groups is 1. The molecule has 0 bridgehead atoms. The summed E-state index contributed by atoms with van der Waals surface area (Å²) in [6.07, 6.45) is 1.68. The summed E-state index contributed by atoms with van der Waals surface area (Å²) < 4.78 is 11.0. The van der Waals surface area contributed by atoms with Gasteiger partial charge < -0.3 is 14.6 Å². The van der Waals surface area contributed by atoms with Gasteiger partial charge in [-0.05, 0) is 36.6 Å². The molecule has 0 spiro atoms. The first-order valence-corrected chi connectivity index (χ1v) is 9.33. The Morgan fingerprint density at radius 1 is 1.38 bits per heavy atom. The number of amides is 1. The second-order valence-corrected chi connectivity index (χ2v) is 7.60. The summed E-state index contributed by atoms with van der Waals surface area (Å²) in [6.45, 7) is 5.89. The number of methoxy groups -OCH3 is 1. The van der Waals surface area contributed by atoms with Gasteiger partial charge in [0.2, 0.25) is 0 Å². The monoisotopic (exact) mass is 395 g/mol. The Hall–Kier alpha value is -2.06. The molecule has 0 saturated carbocycles. The summed E-state index contributed by atoms with van der Waals surface area (Å²) in [5.41, 5.74) is 0.738. The Morgan fingerprint density at radius 2 is 2.08 bits per heavy atom. The fraction of sp³-hybridized carbons (Fsp3) is 0.389. The van der Waals surface area contributed by atoms with Gasteiger partial charge in [-0.3, -0.25) is 9.69 Å². The fourth-order valence-electron chi connectivity index (χ4n) is 2.61. The number of ether oxygens (including phenoxy) is 2. The maximum atomic E-state index is 12.7. The summed E-state index contributed by atoms with van der Waals surface area (Å²) in [5, 5.41) is 9.45. The summed E-state index contributed by atoms with van der Waals surface area (Å²) in [6, 6.07) is 4.35. The fourth-order valence-corrected chi connectivity index (χ4v) is 3.94. The highest BCUT2D eigenvalue weighted by molar-refractivity contribution is 8.26. The van der Waals surface area contributed by atoms with E-state index in [1.165, 1.54) is 4.90 Å². The van der Waals surface area contributed by atoms with Gasteiger partial charge in [-0.15, -0.1) is 0 Å². The Bertz CT molecular complexity index is 760. The quantitative estimate of drug-likeness (QED) is 0.560. The number of carbonyl (C=O) groups excluding carboxylic acids is 1. The number of aliphatic carboxylic acids is 1. The SMILES string of the molecule is CCOc1ccc(/C=C2\SC(=S)N([C@@H](C(=O)O)C(C)C)C2=O)cc1OC. The van der Waals surface area contributed by atoms with Gasteiger partial charge in [0.1, 0.15) is 10.4 Å². The minimum Gasteiger partial charge on any atom is -0.493 e. The lowest BCUT2D eigenvalue weighted by Gasteiger charge is -2.26. The maximum absolute atomic E-state index is 12.7. The molecule has 1 amide bonds. The Balaban J connectivity index is 2.34. The van der Waals surface area contributed by atoms with Gasteiger partial charge in [0, 0.05) is 0 Å². The molecule has 1 aliphatic heterocycles. The van der Waals surface area contributed by atoms with Crippen molar-refractivity contribution in [2.45, 2.75) is 26.8 Å². The van der Waals surface area contributed by atoms with E-state index in [1.807, 2.05) is 6.92 Å². The lowest BCUT2D eigenvalue weighted by molar-refractivity contribution is -0.146. The van der Waals surface area contributed by atoms with Gasteiger partial charge >= 0.3 is 5.97 Å². The third-order valence-electron chi connectivity index (χ3n) is 3.77. The van der Waals surface area contributed by atoms with Crippen LogP contribution in [0.4, 0.5) is 0 Å². The van der Waals surface area contributed by atoms with Crippen LogP contribution in [0.1, 0.15) is 26.3 Å². The highest BCUT2D eigenvalue weighted by Gasteiger charge is 2.41. The number of rotatable bonds is 7. The molecule has 140 valence electrons. The van der Waals surface area contributed by atoms with Crippen LogP contribution in [0.15, 0.2) is 23.1 Å². The largest absolute Gasteiger partial charge is 0.493 e. The highest BCUT2D eigenvalue weighted by Crippen LogP contribution is 2.36. The first kappa shape index (κ1) is 20.3. The van der Waals surface area contributed by atoms with E-state index >= 15 is 0 Å². The van der Waals surface area contributed by atoms with Crippen molar-refractivity contribution in [2.75, 3.05) is 13.7 Å². The van der Waals surface area contributed by atoms with Crippen molar-refractivity contribution in [3.63, 3.8) is 0 Å². The average Bonchev–Trinajstić information content (AvgIpc) is 2.83. The molecule has 1 saturated heterocycles. The molecule has 0 radical (unpaired) electrons. The molecule has 2 rings (SSSR count). The molecule has 1 fully saturated rings. The van der Waals surface area contributed by atoms with Crippen LogP contribution in [-0.4, -0.2) is 46.0 Å². The van der Waals surface area contributed by atoms with Crippen LogP contribution in [0.25, 0.3) is 6.08 Å². The number of carboxylic acids is 1. The zero-order valence-electron chi connectivity index (χ0n) is 15.0. The molecule has 6 nitrogen and oxygen atoms in total. The third-order valence-corrected chi connectivity index (χ3v) is 5.10. The van der Waals surface area contributed by atoms with E-state index in [9.17, 15) is 14.7 Å². The third kappa shape index (κ3) is 4.19. The molecule has 1 aromatic rings. The molecule has 1 aliphatic rings. The molecule has 1 aromatic carbocycles. The lowest BCUT2D eigenvalue weighted by Crippen LogP contribution is -2.47. The number of hydrogen-bond acceptors (Lipinski definition) is 6.